The van der Waals surface area contributed by atoms with Crippen molar-refractivity contribution in [2.45, 2.75) is 10.9 Å². The number of carboxylic acid groups (broad SMARTS) is 1. The first-order chi connectivity index (χ1) is 7.94. The second kappa shape index (κ2) is 3.92. The van der Waals surface area contributed by atoms with Crippen molar-refractivity contribution in [3.8, 4) is 5.75 Å². The average Bonchev–Trinajstić information content (AvgIpc) is 2.27. The van der Waals surface area contributed by atoms with E-state index in [1.807, 2.05) is 0 Å². The first-order valence-corrected chi connectivity index (χ1v) is 6.49. The Morgan fingerprint density at radius 1 is 1.53 bits per heavy atom. The molecule has 1 unspecified atom stereocenters. The molecule has 92 valence electrons. The van der Waals surface area contributed by atoms with Crippen molar-refractivity contribution in [3.63, 3.8) is 0 Å². The van der Waals surface area contributed by atoms with E-state index in [2.05, 4.69) is 5.32 Å². The highest BCUT2D eigenvalue weighted by atomic mass is 32.2. The summed E-state index contributed by atoms with van der Waals surface area (Å²) < 4.78 is 28.6. The quantitative estimate of drug-likeness (QED) is 0.794. The van der Waals surface area contributed by atoms with Crippen molar-refractivity contribution < 1.29 is 23.1 Å². The van der Waals surface area contributed by atoms with E-state index < -0.39 is 27.6 Å². The fraction of sp³-hybridized carbons (Fsp3) is 0.300. The maximum atomic E-state index is 11.8. The number of sulfone groups is 1. The second-order valence-electron chi connectivity index (χ2n) is 3.68. The fourth-order valence-electron chi connectivity index (χ4n) is 1.69. The smallest absolute Gasteiger partial charge is 0.327 e. The number of methoxy groups -OCH3 is 1. The molecule has 17 heavy (non-hydrogen) atoms. The van der Waals surface area contributed by atoms with E-state index in [-0.39, 0.29) is 10.6 Å². The number of nitrogens with one attached hydrogen (secondary N) is 1. The lowest BCUT2D eigenvalue weighted by molar-refractivity contribution is -0.137. The van der Waals surface area contributed by atoms with E-state index in [4.69, 9.17) is 9.84 Å². The van der Waals surface area contributed by atoms with Crippen LogP contribution in [0.5, 0.6) is 5.75 Å². The van der Waals surface area contributed by atoms with E-state index in [9.17, 15) is 13.2 Å². The normalized spacial score (nSPS) is 21.1. The van der Waals surface area contributed by atoms with E-state index >= 15 is 0 Å². The first-order valence-electron chi connectivity index (χ1n) is 4.84. The van der Waals surface area contributed by atoms with Crippen LogP contribution in [0.25, 0.3) is 0 Å². The zero-order valence-corrected chi connectivity index (χ0v) is 9.82. The first kappa shape index (κ1) is 11.7. The molecule has 0 amide bonds. The van der Waals surface area contributed by atoms with Crippen LogP contribution in [0, 0.1) is 0 Å². The molecule has 1 heterocycles. The van der Waals surface area contributed by atoms with Crippen LogP contribution in [0.2, 0.25) is 0 Å². The molecule has 0 radical (unpaired) electrons. The fourth-order valence-corrected chi connectivity index (χ4v) is 3.26. The third kappa shape index (κ3) is 2.05. The molecule has 2 N–H and O–H groups in total. The standard InChI is InChI=1S/C10H11NO5S/c1-16-6-2-3-9-7(4-6)11-8(10(12)13)5-17(9,14)15/h2-4,8,11H,5H2,1H3,(H,12,13). The summed E-state index contributed by atoms with van der Waals surface area (Å²) in [7, 11) is -2.11. The molecule has 0 saturated carbocycles. The maximum Gasteiger partial charge on any atom is 0.327 e. The minimum absolute atomic E-state index is 0.107. The number of benzene rings is 1. The van der Waals surface area contributed by atoms with Crippen molar-refractivity contribution in [1.82, 2.24) is 0 Å². The van der Waals surface area contributed by atoms with E-state index in [1.54, 1.807) is 0 Å². The third-order valence-electron chi connectivity index (χ3n) is 2.54. The molecule has 1 aromatic rings. The van der Waals surface area contributed by atoms with Crippen LogP contribution in [0.1, 0.15) is 0 Å². The molecule has 0 aliphatic carbocycles. The Balaban J connectivity index is 2.53. The molecule has 6 nitrogen and oxygen atoms in total. The molecular formula is C10H11NO5S. The van der Waals surface area contributed by atoms with Gasteiger partial charge in [0.15, 0.2) is 9.84 Å². The highest BCUT2D eigenvalue weighted by molar-refractivity contribution is 7.91. The zero-order chi connectivity index (χ0) is 12.6. The summed E-state index contributed by atoms with van der Waals surface area (Å²) in [4.78, 5) is 11.0. The Bertz CT molecular complexity index is 566. The lowest BCUT2D eigenvalue weighted by atomic mass is 10.2. The van der Waals surface area contributed by atoms with Gasteiger partial charge in [0.2, 0.25) is 0 Å². The Hall–Kier alpha value is -1.76. The topological polar surface area (TPSA) is 92.7 Å². The van der Waals surface area contributed by atoms with E-state index in [0.29, 0.717) is 5.75 Å². The number of carbonyl (C=O) groups is 1. The molecule has 1 aromatic carbocycles. The summed E-state index contributed by atoms with van der Waals surface area (Å²) in [6, 6.07) is 3.29. The maximum absolute atomic E-state index is 11.8. The van der Waals surface area contributed by atoms with Gasteiger partial charge in [-0.05, 0) is 12.1 Å². The molecule has 7 heteroatoms. The van der Waals surface area contributed by atoms with Gasteiger partial charge in [-0.3, -0.25) is 0 Å². The van der Waals surface area contributed by atoms with Crippen molar-refractivity contribution in [2.75, 3.05) is 18.2 Å². The summed E-state index contributed by atoms with van der Waals surface area (Å²) in [5, 5.41) is 11.5. The van der Waals surface area contributed by atoms with Gasteiger partial charge in [-0.15, -0.1) is 0 Å². The van der Waals surface area contributed by atoms with Crippen LogP contribution in [-0.2, 0) is 14.6 Å². The number of aliphatic carboxylic acids is 1. The summed E-state index contributed by atoms with van der Waals surface area (Å²) in [6.07, 6.45) is 0. The highest BCUT2D eigenvalue weighted by Crippen LogP contribution is 2.31. The summed E-state index contributed by atoms with van der Waals surface area (Å²) >= 11 is 0. The summed E-state index contributed by atoms with van der Waals surface area (Å²) in [6.45, 7) is 0. The Kier molecular flexibility index (Phi) is 2.70. The Labute approximate surface area is 98.1 Å². The Morgan fingerprint density at radius 2 is 2.24 bits per heavy atom. The molecule has 0 aromatic heterocycles. The average molecular weight is 257 g/mol. The van der Waals surface area contributed by atoms with Crippen molar-refractivity contribution in [1.29, 1.82) is 0 Å². The Morgan fingerprint density at radius 3 is 2.82 bits per heavy atom. The number of hydrogen-bond donors (Lipinski definition) is 2. The van der Waals surface area contributed by atoms with Gasteiger partial charge in [0, 0.05) is 6.07 Å². The SMILES string of the molecule is COc1ccc2c(c1)NC(C(=O)O)CS2(=O)=O. The van der Waals surface area contributed by atoms with Crippen LogP contribution in [0.15, 0.2) is 23.1 Å². The lowest BCUT2D eigenvalue weighted by Crippen LogP contribution is -2.40. The van der Waals surface area contributed by atoms with E-state index in [0.717, 1.165) is 0 Å². The van der Waals surface area contributed by atoms with Gasteiger partial charge in [0.25, 0.3) is 0 Å². The molecular weight excluding hydrogens is 246 g/mol. The molecule has 0 saturated heterocycles. The highest BCUT2D eigenvalue weighted by Gasteiger charge is 2.33. The number of hydrogen-bond acceptors (Lipinski definition) is 5. The monoisotopic (exact) mass is 257 g/mol. The molecule has 0 fully saturated rings. The number of fused-ring (bicyclic) bond motifs is 1. The number of carboxylic acids is 1. The third-order valence-corrected chi connectivity index (χ3v) is 4.33. The van der Waals surface area contributed by atoms with Gasteiger partial charge in [-0.25, -0.2) is 13.2 Å². The van der Waals surface area contributed by atoms with Crippen molar-refractivity contribution in [2.24, 2.45) is 0 Å². The molecule has 0 spiro atoms. The van der Waals surface area contributed by atoms with Crippen LogP contribution < -0.4 is 10.1 Å². The summed E-state index contributed by atoms with van der Waals surface area (Å²) in [5.41, 5.74) is 0.267. The van der Waals surface area contributed by atoms with Gasteiger partial charge < -0.3 is 15.2 Å². The van der Waals surface area contributed by atoms with E-state index in [1.165, 1.54) is 25.3 Å². The molecule has 2 rings (SSSR count). The van der Waals surface area contributed by atoms with Crippen LogP contribution >= 0.6 is 0 Å². The minimum Gasteiger partial charge on any atom is -0.497 e. The predicted octanol–water partition coefficient (Wildman–Crippen LogP) is 0.348. The van der Waals surface area contributed by atoms with Gasteiger partial charge >= 0.3 is 5.97 Å². The van der Waals surface area contributed by atoms with Gasteiger partial charge in [0.05, 0.1) is 23.4 Å². The second-order valence-corrected chi connectivity index (χ2v) is 5.68. The van der Waals surface area contributed by atoms with Gasteiger partial charge in [-0.2, -0.15) is 0 Å². The lowest BCUT2D eigenvalue weighted by Gasteiger charge is -2.24. The van der Waals surface area contributed by atoms with Crippen LogP contribution in [0.3, 0.4) is 0 Å². The van der Waals surface area contributed by atoms with Crippen LogP contribution in [-0.4, -0.2) is 38.4 Å². The van der Waals surface area contributed by atoms with Gasteiger partial charge in [0.1, 0.15) is 11.8 Å². The number of ether oxygens (including phenoxy) is 1. The van der Waals surface area contributed by atoms with Crippen molar-refractivity contribution >= 4 is 21.5 Å². The number of anilines is 1. The van der Waals surface area contributed by atoms with Crippen molar-refractivity contribution in [3.05, 3.63) is 18.2 Å². The zero-order valence-electron chi connectivity index (χ0n) is 9.00. The molecule has 1 atom stereocenters. The summed E-state index contributed by atoms with van der Waals surface area (Å²) in [5.74, 6) is -1.17. The van der Waals surface area contributed by atoms with Gasteiger partial charge in [-0.1, -0.05) is 0 Å². The molecule has 0 bridgehead atoms. The predicted molar refractivity (Wildman–Crippen MR) is 60.1 cm³/mol. The molecule has 1 aliphatic rings. The van der Waals surface area contributed by atoms with Crippen LogP contribution in [0.4, 0.5) is 5.69 Å². The minimum atomic E-state index is -3.56. The number of rotatable bonds is 2. The molecule has 1 aliphatic heterocycles. The largest absolute Gasteiger partial charge is 0.497 e.